The lowest BCUT2D eigenvalue weighted by Gasteiger charge is -2.15. The van der Waals surface area contributed by atoms with Crippen LogP contribution in [0.3, 0.4) is 0 Å². The number of carboxylic acid groups (broad SMARTS) is 1. The van der Waals surface area contributed by atoms with Crippen molar-refractivity contribution in [3.8, 4) is 11.1 Å². The highest BCUT2D eigenvalue weighted by atomic mass is 79.9. The lowest BCUT2D eigenvalue weighted by Crippen LogP contribution is -2.16. The number of nitrogen functional groups attached to an aromatic ring is 1. The average Bonchev–Trinajstić information content (AvgIpc) is 2.39. The van der Waals surface area contributed by atoms with E-state index < -0.39 is 11.9 Å². The molecular weight excluding hydrogens is 336 g/mol. The molecule has 5 N–H and O–H groups in total. The molecule has 0 aliphatic rings. The molecule has 21 heavy (non-hydrogen) atoms. The Labute approximate surface area is 129 Å². The van der Waals surface area contributed by atoms with Gasteiger partial charge in [0.25, 0.3) is 5.91 Å². The molecule has 0 atom stereocenters. The predicted molar refractivity (Wildman–Crippen MR) is 84.2 cm³/mol. The van der Waals surface area contributed by atoms with Crippen LogP contribution in [-0.4, -0.2) is 17.0 Å². The number of anilines is 1. The Kier molecular flexibility index (Phi) is 3.99. The zero-order valence-corrected chi connectivity index (χ0v) is 12.8. The van der Waals surface area contributed by atoms with Gasteiger partial charge in [-0.15, -0.1) is 0 Å². The van der Waals surface area contributed by atoms with Gasteiger partial charge in [0.15, 0.2) is 0 Å². The maximum atomic E-state index is 11.8. The van der Waals surface area contributed by atoms with Gasteiger partial charge in [-0.25, -0.2) is 4.79 Å². The van der Waals surface area contributed by atoms with E-state index in [0.29, 0.717) is 22.4 Å². The summed E-state index contributed by atoms with van der Waals surface area (Å²) < 4.78 is 0.172. The fourth-order valence-corrected chi connectivity index (χ4v) is 2.92. The van der Waals surface area contributed by atoms with E-state index in [1.807, 2.05) is 0 Å². The van der Waals surface area contributed by atoms with Crippen LogP contribution in [0.15, 0.2) is 34.8 Å². The molecule has 1 amide bonds. The van der Waals surface area contributed by atoms with E-state index in [9.17, 15) is 14.7 Å². The fourth-order valence-electron chi connectivity index (χ4n) is 2.25. The average molecular weight is 349 g/mol. The molecule has 0 aliphatic carbocycles. The van der Waals surface area contributed by atoms with Crippen LogP contribution < -0.4 is 11.5 Å². The number of primary amides is 1. The molecule has 6 heteroatoms. The molecule has 0 spiro atoms. The molecule has 5 nitrogen and oxygen atoms in total. The quantitative estimate of drug-likeness (QED) is 0.741. The van der Waals surface area contributed by atoms with Gasteiger partial charge in [0, 0.05) is 10.2 Å². The zero-order valence-electron chi connectivity index (χ0n) is 11.2. The molecule has 0 heterocycles. The minimum absolute atomic E-state index is 0.00560. The normalized spacial score (nSPS) is 10.4. The van der Waals surface area contributed by atoms with Crippen molar-refractivity contribution >= 4 is 33.5 Å². The van der Waals surface area contributed by atoms with Gasteiger partial charge >= 0.3 is 5.97 Å². The smallest absolute Gasteiger partial charge is 0.336 e. The van der Waals surface area contributed by atoms with Crippen LogP contribution in [-0.2, 0) is 0 Å². The van der Waals surface area contributed by atoms with Gasteiger partial charge in [0.2, 0.25) is 0 Å². The van der Waals surface area contributed by atoms with Crippen molar-refractivity contribution in [2.45, 2.75) is 6.92 Å². The van der Waals surface area contributed by atoms with Crippen molar-refractivity contribution in [2.75, 3.05) is 5.73 Å². The van der Waals surface area contributed by atoms with E-state index in [1.165, 1.54) is 6.07 Å². The number of rotatable bonds is 3. The molecule has 0 aliphatic heterocycles. The number of hydrogen-bond donors (Lipinski definition) is 3. The second-order valence-corrected chi connectivity index (χ2v) is 5.39. The second kappa shape index (κ2) is 5.57. The molecule has 0 unspecified atom stereocenters. The number of aryl methyl sites for hydroxylation is 1. The lowest BCUT2D eigenvalue weighted by molar-refractivity contribution is 0.0696. The number of carbonyl (C=O) groups excluding carboxylic acids is 1. The monoisotopic (exact) mass is 348 g/mol. The van der Waals surface area contributed by atoms with Crippen LogP contribution in [0.25, 0.3) is 11.1 Å². The number of amides is 1. The van der Waals surface area contributed by atoms with Crippen molar-refractivity contribution in [3.63, 3.8) is 0 Å². The van der Waals surface area contributed by atoms with Crippen molar-refractivity contribution in [3.05, 3.63) is 51.5 Å². The van der Waals surface area contributed by atoms with Crippen molar-refractivity contribution in [1.29, 1.82) is 0 Å². The number of carbonyl (C=O) groups is 2. The molecule has 0 bridgehead atoms. The first-order valence-electron chi connectivity index (χ1n) is 6.05. The minimum Gasteiger partial charge on any atom is -0.478 e. The van der Waals surface area contributed by atoms with Crippen LogP contribution in [0.2, 0.25) is 0 Å². The first-order chi connectivity index (χ1) is 9.82. The number of nitrogens with two attached hydrogens (primary N) is 2. The van der Waals surface area contributed by atoms with Gasteiger partial charge < -0.3 is 16.6 Å². The minimum atomic E-state index is -1.13. The summed E-state index contributed by atoms with van der Waals surface area (Å²) in [5.74, 6) is -1.84. The van der Waals surface area contributed by atoms with Crippen LogP contribution in [0, 0.1) is 6.92 Å². The summed E-state index contributed by atoms with van der Waals surface area (Å²) in [6.45, 7) is 1.73. The summed E-state index contributed by atoms with van der Waals surface area (Å²) in [6.07, 6.45) is 0. The first-order valence-corrected chi connectivity index (χ1v) is 6.84. The molecule has 0 saturated heterocycles. The highest BCUT2D eigenvalue weighted by Gasteiger charge is 2.22. The Morgan fingerprint density at radius 2 is 1.90 bits per heavy atom. The van der Waals surface area contributed by atoms with Crippen LogP contribution in [0.1, 0.15) is 26.3 Å². The molecule has 0 fully saturated rings. The molecule has 2 aromatic carbocycles. The van der Waals surface area contributed by atoms with E-state index in [2.05, 4.69) is 15.9 Å². The summed E-state index contributed by atoms with van der Waals surface area (Å²) in [4.78, 5) is 23.0. The third-order valence-corrected chi connectivity index (χ3v) is 3.94. The Morgan fingerprint density at radius 1 is 1.24 bits per heavy atom. The standard InChI is InChI=1S/C15H13BrN2O3/c1-7-5-10(15(20)21)13(16)12(14(18)19)11(7)8-3-2-4-9(17)6-8/h2-6H,17H2,1H3,(H2,18,19)(H,20,21). The third-order valence-electron chi connectivity index (χ3n) is 3.11. The van der Waals surface area contributed by atoms with Crippen molar-refractivity contribution < 1.29 is 14.7 Å². The summed E-state index contributed by atoms with van der Waals surface area (Å²) in [5, 5.41) is 9.20. The SMILES string of the molecule is Cc1cc(C(=O)O)c(Br)c(C(N)=O)c1-c1cccc(N)c1. The number of halogens is 1. The highest BCUT2D eigenvalue weighted by Crippen LogP contribution is 2.35. The molecule has 0 aromatic heterocycles. The number of hydrogen-bond acceptors (Lipinski definition) is 3. The van der Waals surface area contributed by atoms with E-state index in [1.54, 1.807) is 31.2 Å². The lowest BCUT2D eigenvalue weighted by atomic mass is 9.92. The zero-order chi connectivity index (χ0) is 15.7. The van der Waals surface area contributed by atoms with Gasteiger partial charge in [-0.2, -0.15) is 0 Å². The molecular formula is C15H13BrN2O3. The largest absolute Gasteiger partial charge is 0.478 e. The van der Waals surface area contributed by atoms with Crippen molar-refractivity contribution in [1.82, 2.24) is 0 Å². The fraction of sp³-hybridized carbons (Fsp3) is 0.0667. The van der Waals surface area contributed by atoms with Crippen LogP contribution >= 0.6 is 15.9 Å². The predicted octanol–water partition coefficient (Wildman–Crippen LogP) is 2.80. The number of carboxylic acids is 1. The Hall–Kier alpha value is -2.34. The summed E-state index contributed by atoms with van der Waals surface area (Å²) in [5.41, 5.74) is 13.8. The van der Waals surface area contributed by atoms with E-state index >= 15 is 0 Å². The summed E-state index contributed by atoms with van der Waals surface area (Å²) in [6, 6.07) is 8.48. The Morgan fingerprint density at radius 3 is 2.43 bits per heavy atom. The van der Waals surface area contributed by atoms with Crippen LogP contribution in [0.5, 0.6) is 0 Å². The Balaban J connectivity index is 2.86. The van der Waals surface area contributed by atoms with E-state index in [0.717, 1.165) is 0 Å². The second-order valence-electron chi connectivity index (χ2n) is 4.60. The number of benzene rings is 2. The molecule has 0 saturated carbocycles. The molecule has 108 valence electrons. The summed E-state index contributed by atoms with van der Waals surface area (Å²) in [7, 11) is 0. The van der Waals surface area contributed by atoms with Gasteiger partial charge in [0.05, 0.1) is 11.1 Å². The molecule has 2 rings (SSSR count). The van der Waals surface area contributed by atoms with Gasteiger partial charge in [-0.05, 0) is 57.7 Å². The van der Waals surface area contributed by atoms with Gasteiger partial charge in [-0.3, -0.25) is 4.79 Å². The van der Waals surface area contributed by atoms with E-state index in [4.69, 9.17) is 11.5 Å². The molecule has 0 radical (unpaired) electrons. The Bertz CT molecular complexity index is 757. The summed E-state index contributed by atoms with van der Waals surface area (Å²) >= 11 is 3.17. The first kappa shape index (κ1) is 15.1. The molecule has 2 aromatic rings. The van der Waals surface area contributed by atoms with Gasteiger partial charge in [-0.1, -0.05) is 12.1 Å². The van der Waals surface area contributed by atoms with E-state index in [-0.39, 0.29) is 15.6 Å². The maximum absolute atomic E-state index is 11.8. The number of aromatic carboxylic acids is 1. The van der Waals surface area contributed by atoms with Crippen molar-refractivity contribution in [2.24, 2.45) is 5.73 Å². The third kappa shape index (κ3) is 2.75. The topological polar surface area (TPSA) is 106 Å². The van der Waals surface area contributed by atoms with Crippen LogP contribution in [0.4, 0.5) is 5.69 Å². The highest BCUT2D eigenvalue weighted by molar-refractivity contribution is 9.10. The van der Waals surface area contributed by atoms with Gasteiger partial charge in [0.1, 0.15) is 0 Å². The maximum Gasteiger partial charge on any atom is 0.336 e.